The van der Waals surface area contributed by atoms with Crippen molar-refractivity contribution in [3.63, 3.8) is 0 Å². The van der Waals surface area contributed by atoms with Crippen LogP contribution in [0.3, 0.4) is 0 Å². The maximum Gasteiger partial charge on any atom is 0.133 e. The predicted octanol–water partition coefficient (Wildman–Crippen LogP) is 3.53. The molecule has 0 aliphatic heterocycles. The number of hydrogen-bond donors (Lipinski definition) is 1. The van der Waals surface area contributed by atoms with Crippen molar-refractivity contribution in [1.29, 1.82) is 0 Å². The Bertz CT molecular complexity index is 371. The summed E-state index contributed by atoms with van der Waals surface area (Å²) in [5.74, 6) is 0.895. The molecule has 0 aliphatic rings. The number of methoxy groups -OCH3 is 1. The highest BCUT2D eigenvalue weighted by Gasteiger charge is 2.06. The van der Waals surface area contributed by atoms with Gasteiger partial charge in [0.1, 0.15) is 5.75 Å². The zero-order valence-corrected chi connectivity index (χ0v) is 13.4. The summed E-state index contributed by atoms with van der Waals surface area (Å²) >= 11 is 3.55. The Morgan fingerprint density at radius 1 is 1.26 bits per heavy atom. The van der Waals surface area contributed by atoms with Crippen LogP contribution in [-0.2, 0) is 11.2 Å². The zero-order chi connectivity index (χ0) is 14.1. The van der Waals surface area contributed by atoms with E-state index >= 15 is 0 Å². The average molecular weight is 330 g/mol. The topological polar surface area (TPSA) is 44.5 Å². The molecule has 0 amide bonds. The van der Waals surface area contributed by atoms with E-state index in [1.54, 1.807) is 7.11 Å². The van der Waals surface area contributed by atoms with E-state index in [2.05, 4.69) is 35.0 Å². The van der Waals surface area contributed by atoms with E-state index in [9.17, 15) is 0 Å². The summed E-state index contributed by atoms with van der Waals surface area (Å²) in [7, 11) is 1.72. The van der Waals surface area contributed by atoms with Crippen LogP contribution in [0.4, 0.5) is 0 Å². The van der Waals surface area contributed by atoms with Gasteiger partial charge in [-0.2, -0.15) is 0 Å². The van der Waals surface area contributed by atoms with Crippen LogP contribution in [0, 0.1) is 0 Å². The highest BCUT2D eigenvalue weighted by Crippen LogP contribution is 2.26. The number of nitrogens with two attached hydrogens (primary N) is 1. The van der Waals surface area contributed by atoms with Crippen LogP contribution in [0.15, 0.2) is 22.7 Å². The van der Waals surface area contributed by atoms with Crippen LogP contribution in [-0.4, -0.2) is 26.4 Å². The van der Waals surface area contributed by atoms with Gasteiger partial charge in [-0.1, -0.05) is 13.0 Å². The van der Waals surface area contributed by atoms with Crippen LogP contribution in [0.2, 0.25) is 0 Å². The second-order valence-electron chi connectivity index (χ2n) is 4.69. The summed E-state index contributed by atoms with van der Waals surface area (Å²) in [4.78, 5) is 0. The molecule has 0 bridgehead atoms. The number of halogens is 1. The summed E-state index contributed by atoms with van der Waals surface area (Å²) < 4.78 is 11.7. The summed E-state index contributed by atoms with van der Waals surface area (Å²) in [6, 6.07) is 6.43. The van der Waals surface area contributed by atoms with Crippen molar-refractivity contribution in [2.75, 3.05) is 20.3 Å². The average Bonchev–Trinajstić information content (AvgIpc) is 2.40. The maximum absolute atomic E-state index is 5.96. The zero-order valence-electron chi connectivity index (χ0n) is 11.8. The second-order valence-corrected chi connectivity index (χ2v) is 5.54. The Morgan fingerprint density at radius 2 is 2.00 bits per heavy atom. The fourth-order valence-corrected chi connectivity index (χ4v) is 2.31. The highest BCUT2D eigenvalue weighted by molar-refractivity contribution is 9.10. The van der Waals surface area contributed by atoms with Crippen LogP contribution in [0.5, 0.6) is 5.75 Å². The van der Waals surface area contributed by atoms with Crippen molar-refractivity contribution in [3.05, 3.63) is 28.2 Å². The molecule has 1 aromatic carbocycles. The van der Waals surface area contributed by atoms with Gasteiger partial charge in [-0.05, 0) is 59.3 Å². The lowest BCUT2D eigenvalue weighted by Crippen LogP contribution is -2.21. The molecule has 1 rings (SSSR count). The van der Waals surface area contributed by atoms with Crippen molar-refractivity contribution >= 4 is 15.9 Å². The SMILES string of the molecule is CCC(N)Cc1ccc(OCCCCOC)c(Br)c1. The van der Waals surface area contributed by atoms with Crippen molar-refractivity contribution < 1.29 is 9.47 Å². The minimum absolute atomic E-state index is 0.229. The number of ether oxygens (including phenoxy) is 2. The predicted molar refractivity (Wildman–Crippen MR) is 82.7 cm³/mol. The van der Waals surface area contributed by atoms with Gasteiger partial charge in [0.05, 0.1) is 11.1 Å². The fourth-order valence-electron chi connectivity index (χ4n) is 1.77. The molecule has 19 heavy (non-hydrogen) atoms. The third-order valence-electron chi connectivity index (χ3n) is 3.02. The van der Waals surface area contributed by atoms with Crippen molar-refractivity contribution in [2.45, 2.75) is 38.6 Å². The lowest BCUT2D eigenvalue weighted by atomic mass is 10.0. The van der Waals surface area contributed by atoms with Crippen molar-refractivity contribution in [3.8, 4) is 5.75 Å². The minimum Gasteiger partial charge on any atom is -0.492 e. The highest BCUT2D eigenvalue weighted by atomic mass is 79.9. The van der Waals surface area contributed by atoms with Gasteiger partial charge < -0.3 is 15.2 Å². The van der Waals surface area contributed by atoms with Gasteiger partial charge in [-0.3, -0.25) is 0 Å². The molecule has 0 heterocycles. The molecule has 4 heteroatoms. The first-order chi connectivity index (χ1) is 9.17. The van der Waals surface area contributed by atoms with Gasteiger partial charge in [-0.15, -0.1) is 0 Å². The smallest absolute Gasteiger partial charge is 0.133 e. The van der Waals surface area contributed by atoms with Crippen LogP contribution in [0.25, 0.3) is 0 Å². The lowest BCUT2D eigenvalue weighted by molar-refractivity contribution is 0.184. The molecular weight excluding hydrogens is 306 g/mol. The molecule has 0 aliphatic carbocycles. The van der Waals surface area contributed by atoms with Gasteiger partial charge >= 0.3 is 0 Å². The third-order valence-corrected chi connectivity index (χ3v) is 3.64. The maximum atomic E-state index is 5.96. The number of hydrogen-bond acceptors (Lipinski definition) is 3. The van der Waals surface area contributed by atoms with Crippen molar-refractivity contribution in [1.82, 2.24) is 0 Å². The first-order valence-corrected chi connectivity index (χ1v) is 7.62. The molecule has 0 radical (unpaired) electrons. The summed E-state index contributed by atoms with van der Waals surface area (Å²) in [5.41, 5.74) is 7.20. The number of benzene rings is 1. The first-order valence-electron chi connectivity index (χ1n) is 6.83. The largest absolute Gasteiger partial charge is 0.492 e. The van der Waals surface area contributed by atoms with Gasteiger partial charge in [0.15, 0.2) is 0 Å². The van der Waals surface area contributed by atoms with E-state index < -0.39 is 0 Å². The molecule has 0 saturated carbocycles. The first kappa shape index (κ1) is 16.5. The van der Waals surface area contributed by atoms with Gasteiger partial charge in [0, 0.05) is 19.8 Å². The van der Waals surface area contributed by atoms with E-state index in [4.69, 9.17) is 15.2 Å². The Kier molecular flexibility index (Phi) is 8.10. The van der Waals surface area contributed by atoms with Crippen LogP contribution >= 0.6 is 15.9 Å². The Balaban J connectivity index is 2.43. The third kappa shape index (κ3) is 6.41. The van der Waals surface area contributed by atoms with Gasteiger partial charge in [0.2, 0.25) is 0 Å². The Hall–Kier alpha value is -0.580. The van der Waals surface area contributed by atoms with E-state index in [0.29, 0.717) is 0 Å². The second kappa shape index (κ2) is 9.34. The van der Waals surface area contributed by atoms with Crippen LogP contribution in [0.1, 0.15) is 31.7 Å². The Labute approximate surface area is 124 Å². The van der Waals surface area contributed by atoms with E-state index in [1.165, 1.54) is 5.56 Å². The monoisotopic (exact) mass is 329 g/mol. The van der Waals surface area contributed by atoms with E-state index in [1.807, 2.05) is 6.07 Å². The number of unbranched alkanes of at least 4 members (excludes halogenated alkanes) is 1. The number of rotatable bonds is 9. The summed E-state index contributed by atoms with van der Waals surface area (Å²) in [6.07, 6.45) is 3.93. The van der Waals surface area contributed by atoms with Crippen molar-refractivity contribution in [2.24, 2.45) is 5.73 Å². The lowest BCUT2D eigenvalue weighted by Gasteiger charge is -2.12. The molecule has 0 aromatic heterocycles. The summed E-state index contributed by atoms with van der Waals surface area (Å²) in [5, 5.41) is 0. The molecule has 2 N–H and O–H groups in total. The molecule has 1 atom stereocenters. The molecule has 0 spiro atoms. The van der Waals surface area contributed by atoms with E-state index in [0.717, 1.165) is 49.1 Å². The standard InChI is InChI=1S/C15H24BrNO2/c1-3-13(17)10-12-6-7-15(14(16)11-12)19-9-5-4-8-18-2/h6-7,11,13H,3-5,8-10,17H2,1-2H3. The molecule has 0 saturated heterocycles. The van der Waals surface area contributed by atoms with Crippen LogP contribution < -0.4 is 10.5 Å². The molecule has 1 unspecified atom stereocenters. The Morgan fingerprint density at radius 3 is 2.63 bits per heavy atom. The molecule has 0 fully saturated rings. The van der Waals surface area contributed by atoms with Gasteiger partial charge in [0.25, 0.3) is 0 Å². The molecule has 108 valence electrons. The molecule has 1 aromatic rings. The van der Waals surface area contributed by atoms with E-state index in [-0.39, 0.29) is 6.04 Å². The molecular formula is C15H24BrNO2. The molecule has 3 nitrogen and oxygen atoms in total. The minimum atomic E-state index is 0.229. The fraction of sp³-hybridized carbons (Fsp3) is 0.600. The quantitative estimate of drug-likeness (QED) is 0.705. The summed E-state index contributed by atoms with van der Waals surface area (Å²) in [6.45, 7) is 3.62. The normalized spacial score (nSPS) is 12.4. The van der Waals surface area contributed by atoms with Gasteiger partial charge in [-0.25, -0.2) is 0 Å².